The van der Waals surface area contributed by atoms with Gasteiger partial charge in [0.05, 0.1) is 5.60 Å². The second-order valence-corrected chi connectivity index (χ2v) is 6.75. The van der Waals surface area contributed by atoms with Crippen molar-refractivity contribution in [3.63, 3.8) is 0 Å². The summed E-state index contributed by atoms with van der Waals surface area (Å²) in [5, 5.41) is 0. The van der Waals surface area contributed by atoms with E-state index in [1.807, 2.05) is 20.8 Å². The zero-order valence-corrected chi connectivity index (χ0v) is 12.9. The number of hydrogen-bond donors (Lipinski definition) is 1. The van der Waals surface area contributed by atoms with Crippen LogP contribution < -0.4 is 10.5 Å². The highest BCUT2D eigenvalue weighted by Crippen LogP contribution is 2.40. The number of rotatable bonds is 3. The molecule has 0 spiro atoms. The van der Waals surface area contributed by atoms with Crippen molar-refractivity contribution in [2.75, 3.05) is 0 Å². The van der Waals surface area contributed by atoms with Crippen LogP contribution in [-0.2, 0) is 4.74 Å². The summed E-state index contributed by atoms with van der Waals surface area (Å²) < 4.78 is 25.5. The van der Waals surface area contributed by atoms with Crippen LogP contribution in [0.15, 0.2) is 18.2 Å². The van der Waals surface area contributed by atoms with E-state index in [-0.39, 0.29) is 29.2 Å². The normalized spacial score (nSPS) is 25.4. The molecular weight excluding hydrogens is 257 g/mol. The van der Waals surface area contributed by atoms with Crippen LogP contribution in [0.5, 0.6) is 5.75 Å². The Kier molecular flexibility index (Phi) is 3.82. The van der Waals surface area contributed by atoms with Crippen molar-refractivity contribution >= 4 is 0 Å². The molecule has 0 bridgehead atoms. The zero-order chi connectivity index (χ0) is 15.1. The van der Waals surface area contributed by atoms with Crippen molar-refractivity contribution in [2.24, 2.45) is 5.73 Å². The third-order valence-corrected chi connectivity index (χ3v) is 3.72. The van der Waals surface area contributed by atoms with Gasteiger partial charge in [-0.15, -0.1) is 0 Å². The Morgan fingerprint density at radius 2 is 2.00 bits per heavy atom. The first kappa shape index (κ1) is 15.3. The van der Waals surface area contributed by atoms with Crippen LogP contribution in [-0.4, -0.2) is 17.3 Å². The van der Waals surface area contributed by atoms with Crippen molar-refractivity contribution in [3.8, 4) is 5.75 Å². The summed E-state index contributed by atoms with van der Waals surface area (Å²) in [5.74, 6) is 0.340. The predicted molar refractivity (Wildman–Crippen MR) is 77.3 cm³/mol. The fourth-order valence-electron chi connectivity index (χ4n) is 2.83. The van der Waals surface area contributed by atoms with Crippen LogP contribution in [0.2, 0.25) is 0 Å². The first-order valence-corrected chi connectivity index (χ1v) is 7.02. The summed E-state index contributed by atoms with van der Waals surface area (Å²) in [4.78, 5) is 0. The average molecular weight is 281 g/mol. The van der Waals surface area contributed by atoms with Gasteiger partial charge in [-0.3, -0.25) is 0 Å². The first-order chi connectivity index (χ1) is 9.11. The molecule has 1 saturated heterocycles. The lowest BCUT2D eigenvalue weighted by molar-refractivity contribution is -0.0847. The smallest absolute Gasteiger partial charge is 0.130 e. The summed E-state index contributed by atoms with van der Waals surface area (Å²) in [7, 11) is 0. The van der Waals surface area contributed by atoms with Gasteiger partial charge in [-0.1, -0.05) is 0 Å². The highest BCUT2D eigenvalue weighted by Gasteiger charge is 2.47. The van der Waals surface area contributed by atoms with E-state index in [1.54, 1.807) is 6.07 Å². The minimum Gasteiger partial charge on any atom is -0.487 e. The maximum absolute atomic E-state index is 13.4. The van der Waals surface area contributed by atoms with Gasteiger partial charge in [-0.2, -0.15) is 0 Å². The summed E-state index contributed by atoms with van der Waals surface area (Å²) in [6, 6.07) is 4.21. The molecule has 20 heavy (non-hydrogen) atoms. The molecule has 1 aromatic rings. The highest BCUT2D eigenvalue weighted by molar-refractivity contribution is 5.36. The fraction of sp³-hybridized carbons (Fsp3) is 0.625. The third kappa shape index (κ3) is 3.13. The monoisotopic (exact) mass is 281 g/mol. The van der Waals surface area contributed by atoms with Gasteiger partial charge in [-0.25, -0.2) is 4.39 Å². The van der Waals surface area contributed by atoms with E-state index in [0.717, 1.165) is 6.42 Å². The lowest BCUT2D eigenvalue weighted by Gasteiger charge is -2.28. The first-order valence-electron chi connectivity index (χ1n) is 7.02. The Morgan fingerprint density at radius 1 is 1.35 bits per heavy atom. The maximum atomic E-state index is 13.4. The van der Waals surface area contributed by atoms with E-state index in [1.165, 1.54) is 12.1 Å². The molecule has 4 heteroatoms. The maximum Gasteiger partial charge on any atom is 0.130 e. The molecule has 3 nitrogen and oxygen atoms in total. The molecule has 1 aliphatic rings. The molecule has 2 atom stereocenters. The third-order valence-electron chi connectivity index (χ3n) is 3.72. The van der Waals surface area contributed by atoms with Crippen LogP contribution in [0.25, 0.3) is 0 Å². The summed E-state index contributed by atoms with van der Waals surface area (Å²) in [5.41, 5.74) is 5.98. The minimum atomic E-state index is -0.382. The average Bonchev–Trinajstić information content (AvgIpc) is 2.48. The van der Waals surface area contributed by atoms with Crippen molar-refractivity contribution in [3.05, 3.63) is 29.6 Å². The molecule has 0 radical (unpaired) electrons. The molecule has 0 aliphatic carbocycles. The topological polar surface area (TPSA) is 44.5 Å². The quantitative estimate of drug-likeness (QED) is 0.921. The van der Waals surface area contributed by atoms with E-state index in [4.69, 9.17) is 15.2 Å². The summed E-state index contributed by atoms with van der Waals surface area (Å²) in [6.45, 7) is 9.95. The molecule has 0 aromatic heterocycles. The van der Waals surface area contributed by atoms with Gasteiger partial charge in [0.2, 0.25) is 0 Å². The van der Waals surface area contributed by atoms with Gasteiger partial charge in [0.1, 0.15) is 23.3 Å². The number of hydrogen-bond acceptors (Lipinski definition) is 3. The number of halogens is 1. The van der Waals surface area contributed by atoms with E-state index >= 15 is 0 Å². The highest BCUT2D eigenvalue weighted by atomic mass is 19.1. The van der Waals surface area contributed by atoms with Crippen LogP contribution in [0.1, 0.15) is 52.6 Å². The van der Waals surface area contributed by atoms with E-state index < -0.39 is 0 Å². The van der Waals surface area contributed by atoms with Gasteiger partial charge in [-0.05, 0) is 52.8 Å². The Labute approximate surface area is 120 Å². The number of ether oxygens (including phenoxy) is 2. The van der Waals surface area contributed by atoms with Crippen LogP contribution in [0.3, 0.4) is 0 Å². The number of benzene rings is 1. The molecule has 2 unspecified atom stereocenters. The lowest BCUT2D eigenvalue weighted by Crippen LogP contribution is -2.37. The molecule has 2 rings (SSSR count). The van der Waals surface area contributed by atoms with E-state index in [0.29, 0.717) is 11.3 Å². The van der Waals surface area contributed by atoms with Gasteiger partial charge in [0, 0.05) is 18.0 Å². The molecule has 0 amide bonds. The molecule has 112 valence electrons. The van der Waals surface area contributed by atoms with Crippen molar-refractivity contribution in [2.45, 2.75) is 64.4 Å². The van der Waals surface area contributed by atoms with Crippen LogP contribution >= 0.6 is 0 Å². The summed E-state index contributed by atoms with van der Waals surface area (Å²) in [6.07, 6.45) is 0.705. The van der Waals surface area contributed by atoms with Crippen molar-refractivity contribution in [1.29, 1.82) is 0 Å². The molecule has 2 N–H and O–H groups in total. The van der Waals surface area contributed by atoms with E-state index in [9.17, 15) is 4.39 Å². The Bertz CT molecular complexity index is 497. The SMILES string of the molecule is CC(N)c1cc(F)ccc1OC1CC(C)(C)OC1(C)C. The fourth-order valence-corrected chi connectivity index (χ4v) is 2.83. The van der Waals surface area contributed by atoms with Crippen LogP contribution in [0.4, 0.5) is 4.39 Å². The molecule has 0 saturated carbocycles. The largest absolute Gasteiger partial charge is 0.487 e. The second kappa shape index (κ2) is 5.01. The standard InChI is InChI=1S/C16H24FNO2/c1-10(18)12-8-11(17)6-7-13(12)19-14-9-15(2,3)20-16(14,4)5/h6-8,10,14H,9,18H2,1-5H3. The Balaban J connectivity index is 2.27. The lowest BCUT2D eigenvalue weighted by atomic mass is 9.97. The molecule has 1 heterocycles. The zero-order valence-electron chi connectivity index (χ0n) is 12.9. The van der Waals surface area contributed by atoms with Gasteiger partial charge in [0.15, 0.2) is 0 Å². The molecule has 1 aliphatic heterocycles. The Morgan fingerprint density at radius 3 is 2.50 bits per heavy atom. The predicted octanol–water partition coefficient (Wildman–Crippen LogP) is 3.57. The van der Waals surface area contributed by atoms with E-state index in [2.05, 4.69) is 13.8 Å². The summed E-state index contributed by atoms with van der Waals surface area (Å²) >= 11 is 0. The molecule has 1 fully saturated rings. The molecule has 1 aromatic carbocycles. The van der Waals surface area contributed by atoms with Gasteiger partial charge < -0.3 is 15.2 Å². The van der Waals surface area contributed by atoms with Gasteiger partial charge in [0.25, 0.3) is 0 Å². The second-order valence-electron chi connectivity index (χ2n) is 6.75. The minimum absolute atomic E-state index is 0.0829. The van der Waals surface area contributed by atoms with Gasteiger partial charge >= 0.3 is 0 Å². The van der Waals surface area contributed by atoms with Crippen molar-refractivity contribution in [1.82, 2.24) is 0 Å². The molecular formula is C16H24FNO2. The van der Waals surface area contributed by atoms with Crippen LogP contribution in [0, 0.1) is 5.82 Å². The number of nitrogens with two attached hydrogens (primary N) is 1. The Hall–Kier alpha value is -1.13. The van der Waals surface area contributed by atoms with Crippen molar-refractivity contribution < 1.29 is 13.9 Å².